The summed E-state index contributed by atoms with van der Waals surface area (Å²) in [6.07, 6.45) is 3.64. The second kappa shape index (κ2) is 9.85. The maximum absolute atomic E-state index is 13.1. The molecule has 0 aliphatic carbocycles. The number of amides is 2. The van der Waals surface area contributed by atoms with Gasteiger partial charge in [-0.1, -0.05) is 31.5 Å². The van der Waals surface area contributed by atoms with Crippen molar-refractivity contribution in [3.63, 3.8) is 0 Å². The highest BCUT2D eigenvalue weighted by Gasteiger charge is 2.31. The molecular formula is C22H27ClN4O2. The van der Waals surface area contributed by atoms with Crippen molar-refractivity contribution in [3.05, 3.63) is 64.9 Å². The van der Waals surface area contributed by atoms with E-state index in [2.05, 4.69) is 21.3 Å². The van der Waals surface area contributed by atoms with Crippen LogP contribution in [-0.4, -0.2) is 58.8 Å². The highest BCUT2D eigenvalue weighted by molar-refractivity contribution is 6.30. The van der Waals surface area contributed by atoms with E-state index in [1.54, 1.807) is 30.5 Å². The molecule has 2 heterocycles. The van der Waals surface area contributed by atoms with Crippen LogP contribution in [0.3, 0.4) is 0 Å². The van der Waals surface area contributed by atoms with Gasteiger partial charge in [-0.2, -0.15) is 0 Å². The van der Waals surface area contributed by atoms with Gasteiger partial charge >= 0.3 is 0 Å². The molecular weight excluding hydrogens is 388 g/mol. The minimum Gasteiger partial charge on any atom is -0.340 e. The summed E-state index contributed by atoms with van der Waals surface area (Å²) in [5.74, 6) is -0.292. The molecule has 0 radical (unpaired) electrons. The lowest BCUT2D eigenvalue weighted by atomic mass is 10.0. The third-order valence-electron chi connectivity index (χ3n) is 5.14. The number of rotatable bonds is 6. The van der Waals surface area contributed by atoms with Gasteiger partial charge in [-0.3, -0.25) is 19.5 Å². The highest BCUT2D eigenvalue weighted by Crippen LogP contribution is 2.14. The molecule has 6 nitrogen and oxygen atoms in total. The maximum Gasteiger partial charge on any atom is 0.251 e. The lowest BCUT2D eigenvalue weighted by Crippen LogP contribution is -2.56. The normalized spacial score (nSPS) is 15.9. The first kappa shape index (κ1) is 21.3. The summed E-state index contributed by atoms with van der Waals surface area (Å²) in [7, 11) is 0. The van der Waals surface area contributed by atoms with E-state index in [4.69, 9.17) is 11.6 Å². The van der Waals surface area contributed by atoms with Crippen LogP contribution in [0.4, 0.5) is 0 Å². The predicted octanol–water partition coefficient (Wildman–Crippen LogP) is 2.83. The summed E-state index contributed by atoms with van der Waals surface area (Å²) >= 11 is 5.89. The van der Waals surface area contributed by atoms with Gasteiger partial charge in [0, 0.05) is 55.7 Å². The molecule has 7 heteroatoms. The minimum atomic E-state index is -0.553. The zero-order valence-electron chi connectivity index (χ0n) is 16.8. The fourth-order valence-electron chi connectivity index (χ4n) is 3.41. The molecule has 2 aromatic rings. The minimum absolute atomic E-state index is 0.00725. The van der Waals surface area contributed by atoms with Gasteiger partial charge in [-0.15, -0.1) is 0 Å². The Labute approximate surface area is 176 Å². The van der Waals surface area contributed by atoms with Crippen molar-refractivity contribution in [2.75, 3.05) is 26.2 Å². The number of hydrogen-bond acceptors (Lipinski definition) is 4. The number of piperazine rings is 1. The Morgan fingerprint density at radius 1 is 1.10 bits per heavy atom. The largest absolute Gasteiger partial charge is 0.340 e. The molecule has 1 aromatic heterocycles. The average molecular weight is 415 g/mol. The van der Waals surface area contributed by atoms with Gasteiger partial charge in [-0.05, 0) is 41.8 Å². The first-order valence-corrected chi connectivity index (χ1v) is 10.3. The molecule has 1 atom stereocenters. The smallest absolute Gasteiger partial charge is 0.251 e. The zero-order chi connectivity index (χ0) is 20.8. The summed E-state index contributed by atoms with van der Waals surface area (Å²) in [6, 6.07) is 10.1. The molecule has 1 aliphatic heterocycles. The van der Waals surface area contributed by atoms with E-state index in [1.165, 1.54) is 5.56 Å². The molecule has 154 valence electrons. The molecule has 0 bridgehead atoms. The van der Waals surface area contributed by atoms with E-state index in [-0.39, 0.29) is 17.7 Å². The summed E-state index contributed by atoms with van der Waals surface area (Å²) in [5, 5.41) is 3.48. The lowest BCUT2D eigenvalue weighted by Gasteiger charge is -2.37. The summed E-state index contributed by atoms with van der Waals surface area (Å²) in [4.78, 5) is 34.0. The fourth-order valence-corrected chi connectivity index (χ4v) is 3.54. The quantitative estimate of drug-likeness (QED) is 0.789. The molecule has 1 aliphatic rings. The standard InChI is InChI=1S/C22H27ClN4O2/c1-16(2)20(25-21(28)18-5-7-19(23)8-6-18)22(29)27-12-10-26(11-13-27)15-17-4-3-9-24-14-17/h3-9,14,16,20H,10-13,15H2,1-2H3,(H,25,28). The summed E-state index contributed by atoms with van der Waals surface area (Å²) in [6.45, 7) is 7.63. The first-order chi connectivity index (χ1) is 13.9. The van der Waals surface area contributed by atoms with Crippen molar-refractivity contribution in [2.24, 2.45) is 5.92 Å². The van der Waals surface area contributed by atoms with Crippen molar-refractivity contribution < 1.29 is 9.59 Å². The van der Waals surface area contributed by atoms with Crippen LogP contribution in [0.25, 0.3) is 0 Å². The number of nitrogens with one attached hydrogen (secondary N) is 1. The SMILES string of the molecule is CC(C)C(NC(=O)c1ccc(Cl)cc1)C(=O)N1CCN(Cc2cccnc2)CC1. The Morgan fingerprint density at radius 2 is 1.79 bits per heavy atom. The van der Waals surface area contributed by atoms with Crippen LogP contribution in [0.15, 0.2) is 48.8 Å². The van der Waals surface area contributed by atoms with Crippen molar-refractivity contribution in [2.45, 2.75) is 26.4 Å². The number of carbonyl (C=O) groups excluding carboxylic acids is 2. The molecule has 1 N–H and O–H groups in total. The van der Waals surface area contributed by atoms with Crippen molar-refractivity contribution in [1.29, 1.82) is 0 Å². The zero-order valence-corrected chi connectivity index (χ0v) is 17.6. The molecule has 1 aromatic carbocycles. The Balaban J connectivity index is 1.57. The van der Waals surface area contributed by atoms with Crippen molar-refractivity contribution in [3.8, 4) is 0 Å². The van der Waals surface area contributed by atoms with Gasteiger partial charge in [0.25, 0.3) is 5.91 Å². The Kier molecular flexibility index (Phi) is 7.23. The van der Waals surface area contributed by atoms with Gasteiger partial charge < -0.3 is 10.2 Å². The number of hydrogen-bond donors (Lipinski definition) is 1. The summed E-state index contributed by atoms with van der Waals surface area (Å²) in [5.41, 5.74) is 1.66. The van der Waals surface area contributed by atoms with Gasteiger partial charge in [0.2, 0.25) is 5.91 Å². The molecule has 3 rings (SSSR count). The van der Waals surface area contributed by atoms with Crippen molar-refractivity contribution >= 4 is 23.4 Å². The van der Waals surface area contributed by atoms with E-state index in [0.717, 1.165) is 19.6 Å². The number of carbonyl (C=O) groups is 2. The Bertz CT molecular complexity index is 818. The van der Waals surface area contributed by atoms with E-state index in [9.17, 15) is 9.59 Å². The second-order valence-electron chi connectivity index (χ2n) is 7.66. The van der Waals surface area contributed by atoms with E-state index in [1.807, 2.05) is 31.0 Å². The molecule has 0 saturated carbocycles. The average Bonchev–Trinajstić information content (AvgIpc) is 2.73. The van der Waals surface area contributed by atoms with Crippen LogP contribution in [0.2, 0.25) is 5.02 Å². The van der Waals surface area contributed by atoms with Gasteiger partial charge in [-0.25, -0.2) is 0 Å². The molecule has 1 unspecified atom stereocenters. The lowest BCUT2D eigenvalue weighted by molar-refractivity contribution is -0.136. The highest BCUT2D eigenvalue weighted by atomic mass is 35.5. The van der Waals surface area contributed by atoms with Gasteiger partial charge in [0.1, 0.15) is 6.04 Å². The first-order valence-electron chi connectivity index (χ1n) is 9.90. The van der Waals surface area contributed by atoms with Crippen LogP contribution in [-0.2, 0) is 11.3 Å². The number of nitrogens with zero attached hydrogens (tertiary/aromatic N) is 3. The molecule has 2 amide bonds. The Morgan fingerprint density at radius 3 is 2.38 bits per heavy atom. The third-order valence-corrected chi connectivity index (χ3v) is 5.39. The van der Waals surface area contributed by atoms with E-state index in [0.29, 0.717) is 23.7 Å². The Hall–Kier alpha value is -2.44. The second-order valence-corrected chi connectivity index (χ2v) is 8.10. The van der Waals surface area contributed by atoms with Crippen molar-refractivity contribution in [1.82, 2.24) is 20.1 Å². The third kappa shape index (κ3) is 5.78. The molecule has 1 saturated heterocycles. The van der Waals surface area contributed by atoms with Gasteiger partial charge in [0.15, 0.2) is 0 Å². The molecule has 1 fully saturated rings. The summed E-state index contributed by atoms with van der Waals surface area (Å²) < 4.78 is 0. The fraction of sp³-hybridized carbons (Fsp3) is 0.409. The van der Waals surface area contributed by atoms with E-state index >= 15 is 0 Å². The van der Waals surface area contributed by atoms with Crippen LogP contribution in [0.5, 0.6) is 0 Å². The monoisotopic (exact) mass is 414 g/mol. The molecule has 29 heavy (non-hydrogen) atoms. The molecule has 0 spiro atoms. The van der Waals surface area contributed by atoms with Crippen LogP contribution in [0, 0.1) is 5.92 Å². The van der Waals surface area contributed by atoms with Gasteiger partial charge in [0.05, 0.1) is 0 Å². The number of halogens is 1. The van der Waals surface area contributed by atoms with Crippen LogP contribution in [0.1, 0.15) is 29.8 Å². The van der Waals surface area contributed by atoms with Crippen LogP contribution >= 0.6 is 11.6 Å². The number of pyridine rings is 1. The number of aromatic nitrogens is 1. The number of benzene rings is 1. The van der Waals surface area contributed by atoms with E-state index < -0.39 is 6.04 Å². The van der Waals surface area contributed by atoms with Crippen LogP contribution < -0.4 is 5.32 Å². The maximum atomic E-state index is 13.1. The predicted molar refractivity (Wildman–Crippen MR) is 114 cm³/mol. The topological polar surface area (TPSA) is 65.5 Å².